The molecule has 4 rings (SSSR count). The van der Waals surface area contributed by atoms with E-state index in [1.807, 2.05) is 0 Å². The van der Waals surface area contributed by atoms with E-state index < -0.39 is 27.6 Å². The van der Waals surface area contributed by atoms with E-state index in [1.54, 1.807) is 7.05 Å². The Morgan fingerprint density at radius 2 is 1.72 bits per heavy atom. The fourth-order valence-electron chi connectivity index (χ4n) is 4.14. The van der Waals surface area contributed by atoms with Crippen LogP contribution < -0.4 is 4.90 Å². The predicted molar refractivity (Wildman–Crippen MR) is 104 cm³/mol. The van der Waals surface area contributed by atoms with Crippen LogP contribution in [0.1, 0.15) is 41.7 Å². The van der Waals surface area contributed by atoms with Gasteiger partial charge in [-0.1, -0.05) is 6.42 Å². The molecule has 0 unspecified atom stereocenters. The molecule has 0 atom stereocenters. The predicted octanol–water partition coefficient (Wildman–Crippen LogP) is 3.07. The molecular weight excluding hydrogens is 400 g/mol. The summed E-state index contributed by atoms with van der Waals surface area (Å²) in [5, 5.41) is 0. The zero-order chi connectivity index (χ0) is 20.8. The average molecular weight is 423 g/mol. The maximum atomic E-state index is 14.5. The monoisotopic (exact) mass is 423 g/mol. The Morgan fingerprint density at radius 3 is 2.45 bits per heavy atom. The number of halogens is 2. The van der Waals surface area contributed by atoms with Gasteiger partial charge >= 0.3 is 0 Å². The minimum absolute atomic E-state index is 0.0575. The van der Waals surface area contributed by atoms with Gasteiger partial charge in [0.2, 0.25) is 10.0 Å². The van der Waals surface area contributed by atoms with E-state index in [0.717, 1.165) is 25.3 Å². The van der Waals surface area contributed by atoms with Gasteiger partial charge in [-0.3, -0.25) is 4.79 Å². The third-order valence-corrected chi connectivity index (χ3v) is 7.47. The fourth-order valence-corrected chi connectivity index (χ4v) is 5.72. The van der Waals surface area contributed by atoms with Gasteiger partial charge in [-0.25, -0.2) is 17.2 Å². The third kappa shape index (κ3) is 3.57. The number of aromatic nitrogens is 1. The van der Waals surface area contributed by atoms with E-state index in [-0.39, 0.29) is 22.8 Å². The zero-order valence-corrected chi connectivity index (χ0v) is 17.0. The minimum Gasteiger partial charge on any atom is -0.345 e. The number of carbonyl (C=O) groups excluding carboxylic acids is 1. The van der Waals surface area contributed by atoms with Gasteiger partial charge in [0.15, 0.2) is 0 Å². The van der Waals surface area contributed by atoms with Gasteiger partial charge in [0.05, 0.1) is 5.69 Å². The number of aryl methyl sites for hydroxylation is 2. The van der Waals surface area contributed by atoms with Gasteiger partial charge in [-0.15, -0.1) is 0 Å². The van der Waals surface area contributed by atoms with Crippen LogP contribution in [-0.2, 0) is 23.5 Å². The molecule has 2 aromatic rings. The van der Waals surface area contributed by atoms with Gasteiger partial charge in [0, 0.05) is 38.9 Å². The molecule has 1 aromatic heterocycles. The number of anilines is 1. The van der Waals surface area contributed by atoms with Gasteiger partial charge < -0.3 is 9.47 Å². The number of amides is 1. The highest BCUT2D eigenvalue weighted by molar-refractivity contribution is 7.89. The van der Waals surface area contributed by atoms with Crippen molar-refractivity contribution in [2.75, 3.05) is 24.5 Å². The molecule has 0 saturated carbocycles. The first-order chi connectivity index (χ1) is 13.8. The van der Waals surface area contributed by atoms with Crippen molar-refractivity contribution in [2.24, 2.45) is 7.05 Å². The summed E-state index contributed by atoms with van der Waals surface area (Å²) in [6.45, 7) is 1.22. The largest absolute Gasteiger partial charge is 0.345 e. The first kappa shape index (κ1) is 20.0. The molecule has 0 aliphatic carbocycles. The summed E-state index contributed by atoms with van der Waals surface area (Å²) in [4.78, 5) is 14.5. The lowest BCUT2D eigenvalue weighted by Crippen LogP contribution is -2.37. The molecule has 0 radical (unpaired) electrons. The van der Waals surface area contributed by atoms with E-state index in [1.165, 1.54) is 32.1 Å². The highest BCUT2D eigenvalue weighted by Crippen LogP contribution is 2.33. The summed E-state index contributed by atoms with van der Waals surface area (Å²) in [6.07, 6.45) is 5.12. The summed E-state index contributed by atoms with van der Waals surface area (Å²) < 4.78 is 56.8. The Kier molecular flexibility index (Phi) is 5.20. The van der Waals surface area contributed by atoms with Crippen LogP contribution in [0, 0.1) is 11.6 Å². The van der Waals surface area contributed by atoms with Crippen LogP contribution in [0.25, 0.3) is 0 Å². The lowest BCUT2D eigenvalue weighted by Gasteiger charge is -2.30. The van der Waals surface area contributed by atoms with E-state index in [2.05, 4.69) is 0 Å². The van der Waals surface area contributed by atoms with Crippen molar-refractivity contribution in [1.82, 2.24) is 8.87 Å². The van der Waals surface area contributed by atoms with Crippen molar-refractivity contribution in [3.63, 3.8) is 0 Å². The van der Waals surface area contributed by atoms with E-state index in [0.29, 0.717) is 31.5 Å². The molecule has 0 spiro atoms. The molecule has 6 nitrogen and oxygen atoms in total. The molecule has 1 fully saturated rings. The zero-order valence-electron chi connectivity index (χ0n) is 16.2. The third-order valence-electron chi connectivity index (χ3n) is 5.60. The lowest BCUT2D eigenvalue weighted by molar-refractivity contribution is 0.0976. The van der Waals surface area contributed by atoms with Crippen LogP contribution in [0.3, 0.4) is 0 Å². The smallest absolute Gasteiger partial charge is 0.275 e. The standard InChI is InChI=1S/C20H23F2N3O3S/c1-23-13-16(29(27,28)24-7-3-2-4-8-24)12-18(23)20(26)25-9-5-6-14-10-15(21)11-17(22)19(14)25/h10-13H,2-9H2,1H3. The number of carbonyl (C=O) groups is 1. The molecule has 3 heterocycles. The summed E-state index contributed by atoms with van der Waals surface area (Å²) in [6, 6.07) is 3.36. The normalized spacial score (nSPS) is 18.0. The lowest BCUT2D eigenvalue weighted by atomic mass is 10.0. The highest BCUT2D eigenvalue weighted by Gasteiger charge is 2.32. The Labute approximate surface area is 168 Å². The molecule has 1 aromatic carbocycles. The fraction of sp³-hybridized carbons (Fsp3) is 0.450. The van der Waals surface area contributed by atoms with Gasteiger partial charge in [0.1, 0.15) is 22.2 Å². The molecule has 2 aliphatic heterocycles. The molecule has 1 amide bonds. The van der Waals surface area contributed by atoms with Crippen LogP contribution in [0.15, 0.2) is 29.3 Å². The molecule has 0 N–H and O–H groups in total. The van der Waals surface area contributed by atoms with Crippen LogP contribution in [0.4, 0.5) is 14.5 Å². The van der Waals surface area contributed by atoms with Crippen molar-refractivity contribution in [2.45, 2.75) is 37.0 Å². The van der Waals surface area contributed by atoms with Crippen molar-refractivity contribution < 1.29 is 22.0 Å². The van der Waals surface area contributed by atoms with E-state index >= 15 is 0 Å². The summed E-state index contributed by atoms with van der Waals surface area (Å²) in [7, 11) is -2.09. The molecule has 9 heteroatoms. The second kappa shape index (κ2) is 7.53. The van der Waals surface area contributed by atoms with E-state index in [9.17, 15) is 22.0 Å². The number of hydrogen-bond donors (Lipinski definition) is 0. The van der Waals surface area contributed by atoms with Gasteiger partial charge in [-0.2, -0.15) is 4.31 Å². The number of nitrogens with zero attached hydrogens (tertiary/aromatic N) is 3. The van der Waals surface area contributed by atoms with Crippen molar-refractivity contribution in [3.8, 4) is 0 Å². The van der Waals surface area contributed by atoms with Gasteiger partial charge in [-0.05, 0) is 43.4 Å². The summed E-state index contributed by atoms with van der Waals surface area (Å²) >= 11 is 0. The Bertz CT molecular complexity index is 1060. The second-order valence-electron chi connectivity index (χ2n) is 7.59. The Balaban J connectivity index is 1.68. The summed E-state index contributed by atoms with van der Waals surface area (Å²) in [5.41, 5.74) is 0.666. The quantitative estimate of drug-likeness (QED) is 0.762. The Hall–Kier alpha value is -2.26. The number of rotatable bonds is 3. The van der Waals surface area contributed by atoms with Crippen LogP contribution >= 0.6 is 0 Å². The minimum atomic E-state index is -3.68. The molecule has 1 saturated heterocycles. The molecule has 29 heavy (non-hydrogen) atoms. The first-order valence-corrected chi connectivity index (χ1v) is 11.2. The van der Waals surface area contributed by atoms with E-state index in [4.69, 9.17) is 0 Å². The number of fused-ring (bicyclic) bond motifs is 1. The van der Waals surface area contributed by atoms with Crippen LogP contribution in [0.5, 0.6) is 0 Å². The topological polar surface area (TPSA) is 62.6 Å². The summed E-state index contributed by atoms with van der Waals surface area (Å²) in [5.74, 6) is -1.97. The van der Waals surface area contributed by atoms with Gasteiger partial charge in [0.25, 0.3) is 5.91 Å². The maximum Gasteiger partial charge on any atom is 0.275 e. The van der Waals surface area contributed by atoms with Crippen molar-refractivity contribution in [3.05, 3.63) is 47.3 Å². The van der Waals surface area contributed by atoms with Crippen molar-refractivity contribution >= 4 is 21.6 Å². The molecular formula is C20H23F2N3O3S. The molecule has 2 aliphatic rings. The average Bonchev–Trinajstić information content (AvgIpc) is 3.10. The van der Waals surface area contributed by atoms with Crippen molar-refractivity contribution in [1.29, 1.82) is 0 Å². The maximum absolute atomic E-state index is 14.5. The van der Waals surface area contributed by atoms with Crippen LogP contribution in [0.2, 0.25) is 0 Å². The molecule has 0 bridgehead atoms. The highest BCUT2D eigenvalue weighted by atomic mass is 32.2. The second-order valence-corrected chi connectivity index (χ2v) is 9.53. The number of benzene rings is 1. The first-order valence-electron chi connectivity index (χ1n) is 9.75. The SMILES string of the molecule is Cn1cc(S(=O)(=O)N2CCCCC2)cc1C(=O)N1CCCc2cc(F)cc(F)c21. The number of piperidine rings is 1. The number of hydrogen-bond acceptors (Lipinski definition) is 3. The number of sulfonamides is 1. The van der Waals surface area contributed by atoms with Crippen LogP contribution in [-0.4, -0.2) is 42.8 Å². The Morgan fingerprint density at radius 1 is 1.00 bits per heavy atom. The molecule has 156 valence electrons.